The summed E-state index contributed by atoms with van der Waals surface area (Å²) in [6.07, 6.45) is 4.11. The highest BCUT2D eigenvalue weighted by Gasteiger charge is 2.39. The minimum absolute atomic E-state index is 0.0289. The summed E-state index contributed by atoms with van der Waals surface area (Å²) >= 11 is 0. The Balaban J connectivity index is 1.82. The average Bonchev–Trinajstić information content (AvgIpc) is 2.99. The van der Waals surface area contributed by atoms with Crippen molar-refractivity contribution in [2.45, 2.75) is 31.0 Å². The number of alkyl halides is 3. The lowest BCUT2D eigenvalue weighted by Crippen LogP contribution is -2.43. The van der Waals surface area contributed by atoms with Crippen molar-refractivity contribution in [2.24, 2.45) is 0 Å². The summed E-state index contributed by atoms with van der Waals surface area (Å²) in [5.74, 6) is 0.0289. The van der Waals surface area contributed by atoms with Gasteiger partial charge in [-0.05, 0) is 37.6 Å². The summed E-state index contributed by atoms with van der Waals surface area (Å²) in [7, 11) is -4.51. The highest BCUT2D eigenvalue weighted by Crippen LogP contribution is 2.35. The van der Waals surface area contributed by atoms with E-state index in [2.05, 4.69) is 21.0 Å². The van der Waals surface area contributed by atoms with Crippen molar-refractivity contribution in [2.75, 3.05) is 0 Å². The molecular formula is C20H15F3N6O2S. The first-order chi connectivity index (χ1) is 15.0. The summed E-state index contributed by atoms with van der Waals surface area (Å²) in [6, 6.07) is 1.64. The highest BCUT2D eigenvalue weighted by molar-refractivity contribution is 7.89. The number of hydrogen-bond donors (Lipinski definition) is 1. The number of nitrogens with zero attached hydrogens (tertiary/aromatic N) is 5. The number of allylic oxidation sites excluding steroid dienone is 4. The lowest BCUT2D eigenvalue weighted by molar-refractivity contribution is -0.147. The Morgan fingerprint density at radius 2 is 1.84 bits per heavy atom. The van der Waals surface area contributed by atoms with E-state index in [9.17, 15) is 26.9 Å². The van der Waals surface area contributed by atoms with Crippen LogP contribution in [-0.4, -0.2) is 40.2 Å². The maximum Gasteiger partial charge on any atom is 0.404 e. The number of pyridine rings is 1. The van der Waals surface area contributed by atoms with Crippen molar-refractivity contribution in [3.63, 3.8) is 0 Å². The zero-order valence-corrected chi connectivity index (χ0v) is 17.5. The molecule has 32 heavy (non-hydrogen) atoms. The molecule has 3 aromatic heterocycles. The molecule has 1 N–H and O–H groups in total. The molecule has 0 fully saturated rings. The Kier molecular flexibility index (Phi) is 5.10. The number of nitrogens with one attached hydrogen (secondary N) is 1. The first kappa shape index (κ1) is 21.7. The molecule has 4 rings (SSSR count). The van der Waals surface area contributed by atoms with E-state index in [1.807, 2.05) is 6.92 Å². The number of rotatable bonds is 5. The fourth-order valence-electron chi connectivity index (χ4n) is 3.12. The van der Waals surface area contributed by atoms with Gasteiger partial charge in [0.15, 0.2) is 5.82 Å². The molecule has 0 saturated heterocycles. The third kappa shape index (κ3) is 3.65. The van der Waals surface area contributed by atoms with E-state index in [-0.39, 0.29) is 11.4 Å². The predicted octanol–water partition coefficient (Wildman–Crippen LogP) is 3.31. The van der Waals surface area contributed by atoms with Gasteiger partial charge in [0, 0.05) is 17.3 Å². The molecule has 164 valence electrons. The van der Waals surface area contributed by atoms with Gasteiger partial charge >= 0.3 is 6.18 Å². The molecule has 3 heterocycles. The first-order valence-corrected chi connectivity index (χ1v) is 10.7. The van der Waals surface area contributed by atoms with Crippen LogP contribution in [0.5, 0.6) is 0 Å². The Labute approximate surface area is 180 Å². The number of halogens is 3. The number of fused-ring (bicyclic) bond motifs is 1. The number of sulfonamides is 1. The first-order valence-electron chi connectivity index (χ1n) is 9.24. The lowest BCUT2D eigenvalue weighted by atomic mass is 10.1. The molecule has 0 aromatic carbocycles. The quantitative estimate of drug-likeness (QED) is 0.625. The molecule has 0 aliphatic heterocycles. The van der Waals surface area contributed by atoms with E-state index in [0.29, 0.717) is 23.7 Å². The van der Waals surface area contributed by atoms with Gasteiger partial charge in [-0.15, -0.1) is 0 Å². The Morgan fingerprint density at radius 3 is 2.38 bits per heavy atom. The van der Waals surface area contributed by atoms with Crippen LogP contribution >= 0.6 is 0 Å². The summed E-state index contributed by atoms with van der Waals surface area (Å²) in [5, 5.41) is 10.4. The predicted molar refractivity (Wildman–Crippen MR) is 109 cm³/mol. The van der Waals surface area contributed by atoms with Gasteiger partial charge in [-0.2, -0.15) is 23.2 Å². The minimum atomic E-state index is -4.74. The van der Waals surface area contributed by atoms with Crippen molar-refractivity contribution >= 4 is 26.8 Å². The Bertz CT molecular complexity index is 1430. The zero-order chi connectivity index (χ0) is 23.3. The number of hydrogen-bond acceptors (Lipinski definition) is 6. The van der Waals surface area contributed by atoms with Crippen molar-refractivity contribution in [1.29, 1.82) is 5.26 Å². The molecule has 8 nitrogen and oxygen atoms in total. The summed E-state index contributed by atoms with van der Waals surface area (Å²) in [5.41, 5.74) is 2.61. The van der Waals surface area contributed by atoms with Crippen molar-refractivity contribution in [3.8, 4) is 17.6 Å². The van der Waals surface area contributed by atoms with E-state index >= 15 is 0 Å². The molecule has 3 aromatic rings. The Hall–Kier alpha value is -3.56. The molecule has 0 spiro atoms. The molecule has 1 aliphatic rings. The van der Waals surface area contributed by atoms with Gasteiger partial charge in [-0.1, -0.05) is 6.08 Å². The topological polar surface area (TPSA) is 114 Å². The summed E-state index contributed by atoms with van der Waals surface area (Å²) < 4.78 is 66.1. The molecule has 0 saturated carbocycles. The second-order valence-electron chi connectivity index (χ2n) is 7.13. The van der Waals surface area contributed by atoms with E-state index in [1.165, 1.54) is 0 Å². The van der Waals surface area contributed by atoms with Crippen LogP contribution in [0, 0.1) is 18.3 Å². The van der Waals surface area contributed by atoms with Crippen LogP contribution in [-0.2, 0) is 10.0 Å². The van der Waals surface area contributed by atoms with Crippen molar-refractivity contribution < 1.29 is 21.6 Å². The van der Waals surface area contributed by atoms with Gasteiger partial charge in [0.25, 0.3) is 0 Å². The average molecular weight is 460 g/mol. The molecule has 0 amide bonds. The molecule has 0 bridgehead atoms. The van der Waals surface area contributed by atoms with E-state index < -0.39 is 27.1 Å². The van der Waals surface area contributed by atoms with Crippen molar-refractivity contribution in [3.05, 3.63) is 54.0 Å². The summed E-state index contributed by atoms with van der Waals surface area (Å²) in [4.78, 5) is 12.0. The second-order valence-corrected chi connectivity index (χ2v) is 8.85. The maximum atomic E-state index is 12.7. The third-order valence-corrected chi connectivity index (χ3v) is 6.32. The van der Waals surface area contributed by atoms with Gasteiger partial charge in [-0.25, -0.2) is 23.4 Å². The molecule has 0 unspecified atom stereocenters. The molecule has 12 heteroatoms. The van der Waals surface area contributed by atoms with E-state index in [1.54, 1.807) is 39.8 Å². The number of aryl methyl sites for hydroxylation is 1. The minimum Gasteiger partial charge on any atom is -0.290 e. The van der Waals surface area contributed by atoms with Gasteiger partial charge in [-0.3, -0.25) is 4.57 Å². The Morgan fingerprint density at radius 1 is 1.19 bits per heavy atom. The lowest BCUT2D eigenvalue weighted by Gasteiger charge is -2.17. The fourth-order valence-corrected chi connectivity index (χ4v) is 4.24. The normalized spacial score (nSPS) is 14.7. The zero-order valence-electron chi connectivity index (χ0n) is 16.7. The fraction of sp³-hybridized carbons (Fsp3) is 0.200. The van der Waals surface area contributed by atoms with Gasteiger partial charge in [0.2, 0.25) is 10.0 Å². The number of aromatic nitrogens is 4. The van der Waals surface area contributed by atoms with Crippen LogP contribution in [0.4, 0.5) is 13.2 Å². The van der Waals surface area contributed by atoms with E-state index in [4.69, 9.17) is 0 Å². The summed E-state index contributed by atoms with van der Waals surface area (Å²) in [6.45, 7) is 2.53. The number of nitriles is 1. The van der Waals surface area contributed by atoms with Crippen molar-refractivity contribution in [1.82, 2.24) is 24.2 Å². The standard InChI is InChI=1S/C20H15F3N6O2S/c1-11-6-15-16(7-24)17(29(13-4-3-5-13)19(15)27-8-11)18-25-9-14(10-26-18)32(30,31)28-12(2)20(21,22)23/h3-6,8-10,12,28H,1-2H3/t12-/m1/s1. The smallest absolute Gasteiger partial charge is 0.290 e. The largest absolute Gasteiger partial charge is 0.404 e. The van der Waals surface area contributed by atoms with Gasteiger partial charge < -0.3 is 0 Å². The van der Waals surface area contributed by atoms with E-state index in [0.717, 1.165) is 23.7 Å². The monoisotopic (exact) mass is 460 g/mol. The van der Waals surface area contributed by atoms with Crippen LogP contribution in [0.1, 0.15) is 18.1 Å². The molecule has 0 radical (unpaired) electrons. The third-order valence-electron chi connectivity index (χ3n) is 4.82. The van der Waals surface area contributed by atoms with Crippen LogP contribution in [0.3, 0.4) is 0 Å². The maximum absolute atomic E-state index is 12.7. The van der Waals surface area contributed by atoms with Crippen LogP contribution < -0.4 is 4.72 Å². The van der Waals surface area contributed by atoms with Crippen LogP contribution in [0.25, 0.3) is 28.2 Å². The molecular weight excluding hydrogens is 445 g/mol. The SMILES string of the molecule is Cc1cnc2c(c1)c(C#N)c(-c1ncc(S(=O)(=O)N[C@H](C)C(F)(F)F)cn1)n2C1=CC=C1. The molecule has 1 atom stereocenters. The molecule has 1 aliphatic carbocycles. The second kappa shape index (κ2) is 7.54. The highest BCUT2D eigenvalue weighted by atomic mass is 32.2. The van der Waals surface area contributed by atoms with Crippen LogP contribution in [0.2, 0.25) is 0 Å². The van der Waals surface area contributed by atoms with Gasteiger partial charge in [0.1, 0.15) is 28.3 Å². The van der Waals surface area contributed by atoms with Gasteiger partial charge in [0.05, 0.1) is 18.0 Å². The van der Waals surface area contributed by atoms with Crippen LogP contribution in [0.15, 0.2) is 47.8 Å².